The molecule has 0 aromatic heterocycles. The molecule has 1 unspecified atom stereocenters. The lowest BCUT2D eigenvalue weighted by Crippen LogP contribution is -3.17. The van der Waals surface area contributed by atoms with Gasteiger partial charge in [0.2, 0.25) is 10.0 Å². The molecule has 0 radical (unpaired) electrons. The van der Waals surface area contributed by atoms with Crippen molar-refractivity contribution in [3.63, 3.8) is 0 Å². The lowest BCUT2D eigenvalue weighted by molar-refractivity contribution is -0.921. The van der Waals surface area contributed by atoms with Crippen molar-refractivity contribution in [2.24, 2.45) is 0 Å². The van der Waals surface area contributed by atoms with Crippen LogP contribution < -0.4 is 4.90 Å². The third-order valence-corrected chi connectivity index (χ3v) is 7.44. The first-order chi connectivity index (χ1) is 12.4. The number of rotatable bonds is 4. The molecule has 0 bridgehead atoms. The first kappa shape index (κ1) is 19.3. The third kappa shape index (κ3) is 4.07. The molecule has 1 aromatic rings. The van der Waals surface area contributed by atoms with Crippen LogP contribution in [0.4, 0.5) is 4.39 Å². The van der Waals surface area contributed by atoms with E-state index >= 15 is 0 Å². The molecule has 2 atom stereocenters. The summed E-state index contributed by atoms with van der Waals surface area (Å²) >= 11 is 0. The molecular weight excluding hydrogens is 357 g/mol. The number of hydrogen-bond donors (Lipinski definition) is 1. The predicted octanol–water partition coefficient (Wildman–Crippen LogP) is 0.116. The molecule has 0 saturated carbocycles. The van der Waals surface area contributed by atoms with Gasteiger partial charge in [0.25, 0.3) is 5.91 Å². The van der Waals surface area contributed by atoms with Crippen molar-refractivity contribution >= 4 is 15.9 Å². The zero-order valence-electron chi connectivity index (χ0n) is 15.2. The predicted molar refractivity (Wildman–Crippen MR) is 95.7 cm³/mol. The van der Waals surface area contributed by atoms with Crippen LogP contribution in [0.15, 0.2) is 29.2 Å². The molecule has 1 amide bonds. The second-order valence-corrected chi connectivity index (χ2v) is 9.10. The number of hydrogen-bond acceptors (Lipinski definition) is 3. The molecule has 2 fully saturated rings. The Morgan fingerprint density at radius 2 is 1.88 bits per heavy atom. The zero-order valence-corrected chi connectivity index (χ0v) is 16.0. The monoisotopic (exact) mass is 384 g/mol. The van der Waals surface area contributed by atoms with Gasteiger partial charge < -0.3 is 9.80 Å². The molecule has 3 rings (SSSR count). The second kappa shape index (κ2) is 8.02. The second-order valence-electron chi connectivity index (χ2n) is 7.20. The minimum absolute atomic E-state index is 0.0803. The van der Waals surface area contributed by atoms with Crippen LogP contribution in [0.1, 0.15) is 26.2 Å². The Labute approximate surface area is 154 Å². The number of carbonyl (C=O) groups is 1. The van der Waals surface area contributed by atoms with Crippen LogP contribution in [-0.2, 0) is 14.8 Å². The van der Waals surface area contributed by atoms with Crippen molar-refractivity contribution in [1.82, 2.24) is 9.21 Å². The minimum atomic E-state index is -3.86. The molecule has 0 aliphatic carbocycles. The number of benzene rings is 1. The van der Waals surface area contributed by atoms with E-state index in [4.69, 9.17) is 0 Å². The van der Waals surface area contributed by atoms with Gasteiger partial charge >= 0.3 is 0 Å². The van der Waals surface area contributed by atoms with Gasteiger partial charge in [-0.05, 0) is 38.3 Å². The largest absolute Gasteiger partial charge is 0.335 e. The fourth-order valence-corrected chi connectivity index (χ4v) is 5.28. The van der Waals surface area contributed by atoms with Gasteiger partial charge in [0.15, 0.2) is 6.54 Å². The Bertz CT molecular complexity index is 748. The standard InChI is InChI=1S/C18H26FN3O3S/c1-15-6-4-5-9-21(15)14-18(23)20-10-12-22(13-11-20)26(24,25)17-8-3-2-7-16(17)19/h2-3,7-8,15H,4-6,9-14H2,1H3/p+1/t15-/m1/s1. The fourth-order valence-electron chi connectivity index (χ4n) is 3.79. The van der Waals surface area contributed by atoms with Crippen molar-refractivity contribution in [3.05, 3.63) is 30.1 Å². The molecule has 1 aromatic carbocycles. The summed E-state index contributed by atoms with van der Waals surface area (Å²) in [6.45, 7) is 4.79. The van der Waals surface area contributed by atoms with E-state index in [2.05, 4.69) is 6.92 Å². The zero-order chi connectivity index (χ0) is 18.7. The van der Waals surface area contributed by atoms with Crippen molar-refractivity contribution in [3.8, 4) is 0 Å². The highest BCUT2D eigenvalue weighted by atomic mass is 32.2. The molecule has 8 heteroatoms. The number of piperazine rings is 1. The molecule has 2 aliphatic heterocycles. The van der Waals surface area contributed by atoms with Gasteiger partial charge in [0.1, 0.15) is 10.7 Å². The number of sulfonamides is 1. The van der Waals surface area contributed by atoms with Crippen LogP contribution in [0, 0.1) is 5.82 Å². The maximum atomic E-state index is 13.9. The average Bonchev–Trinajstić information content (AvgIpc) is 2.64. The molecule has 26 heavy (non-hydrogen) atoms. The fraction of sp³-hybridized carbons (Fsp3) is 0.611. The first-order valence-corrected chi connectivity index (χ1v) is 10.7. The number of carbonyl (C=O) groups excluding carboxylic acids is 1. The van der Waals surface area contributed by atoms with E-state index in [0.717, 1.165) is 25.5 Å². The summed E-state index contributed by atoms with van der Waals surface area (Å²) in [4.78, 5) is 15.3. The Kier molecular flexibility index (Phi) is 5.94. The van der Waals surface area contributed by atoms with E-state index in [0.29, 0.717) is 25.7 Å². The summed E-state index contributed by atoms with van der Waals surface area (Å²) in [6, 6.07) is 5.90. The van der Waals surface area contributed by atoms with Gasteiger partial charge in [-0.3, -0.25) is 4.79 Å². The van der Waals surface area contributed by atoms with Gasteiger partial charge in [-0.1, -0.05) is 12.1 Å². The van der Waals surface area contributed by atoms with Crippen molar-refractivity contribution < 1.29 is 22.5 Å². The van der Waals surface area contributed by atoms with Crippen LogP contribution in [0.25, 0.3) is 0 Å². The number of quaternary nitrogens is 1. The lowest BCUT2D eigenvalue weighted by atomic mass is 10.0. The molecule has 2 aliphatic rings. The molecule has 2 heterocycles. The first-order valence-electron chi connectivity index (χ1n) is 9.26. The number of nitrogens with zero attached hydrogens (tertiary/aromatic N) is 2. The SMILES string of the molecule is C[C@@H]1CCCC[NH+]1CC(=O)N1CCN(S(=O)(=O)c2ccccc2F)CC1. The van der Waals surface area contributed by atoms with E-state index in [9.17, 15) is 17.6 Å². The highest BCUT2D eigenvalue weighted by Crippen LogP contribution is 2.20. The van der Waals surface area contributed by atoms with Crippen LogP contribution in [-0.4, -0.2) is 68.8 Å². The summed E-state index contributed by atoms with van der Waals surface area (Å²) in [5.74, 6) is -0.662. The van der Waals surface area contributed by atoms with E-state index in [1.54, 1.807) is 4.90 Å². The third-order valence-electron chi connectivity index (χ3n) is 5.51. The van der Waals surface area contributed by atoms with Gasteiger partial charge in [0.05, 0.1) is 12.6 Å². The Morgan fingerprint density at radius 1 is 1.19 bits per heavy atom. The molecule has 144 valence electrons. The minimum Gasteiger partial charge on any atom is -0.335 e. The van der Waals surface area contributed by atoms with Gasteiger partial charge in [-0.25, -0.2) is 12.8 Å². The summed E-state index contributed by atoms with van der Waals surface area (Å²) < 4.78 is 40.4. The normalized spacial score (nSPS) is 25.2. The van der Waals surface area contributed by atoms with E-state index in [1.807, 2.05) is 0 Å². The number of nitrogens with one attached hydrogen (secondary N) is 1. The quantitative estimate of drug-likeness (QED) is 0.802. The van der Waals surface area contributed by atoms with Crippen LogP contribution in [0.2, 0.25) is 0 Å². The highest BCUT2D eigenvalue weighted by Gasteiger charge is 2.33. The number of halogens is 1. The summed E-state index contributed by atoms with van der Waals surface area (Å²) in [5, 5.41) is 0. The van der Waals surface area contributed by atoms with Crippen molar-refractivity contribution in [1.29, 1.82) is 0 Å². The number of likely N-dealkylation sites (tertiary alicyclic amines) is 1. The molecular formula is C18H27FN3O3S+. The van der Waals surface area contributed by atoms with Crippen LogP contribution in [0.5, 0.6) is 0 Å². The summed E-state index contributed by atoms with van der Waals surface area (Å²) in [6.07, 6.45) is 3.53. The van der Waals surface area contributed by atoms with Gasteiger partial charge in [-0.15, -0.1) is 0 Å². The van der Waals surface area contributed by atoms with E-state index < -0.39 is 15.8 Å². The topological polar surface area (TPSA) is 62.1 Å². The van der Waals surface area contributed by atoms with E-state index in [-0.39, 0.29) is 23.9 Å². The molecule has 6 nitrogen and oxygen atoms in total. The Balaban J connectivity index is 1.58. The van der Waals surface area contributed by atoms with Crippen LogP contribution >= 0.6 is 0 Å². The smallest absolute Gasteiger partial charge is 0.277 e. The molecule has 2 saturated heterocycles. The number of amides is 1. The van der Waals surface area contributed by atoms with Gasteiger partial charge in [0, 0.05) is 26.2 Å². The Hall–Kier alpha value is -1.51. The van der Waals surface area contributed by atoms with Crippen molar-refractivity contribution in [2.75, 3.05) is 39.3 Å². The summed E-state index contributed by atoms with van der Waals surface area (Å²) in [7, 11) is -3.86. The van der Waals surface area contributed by atoms with Crippen LogP contribution in [0.3, 0.4) is 0 Å². The highest BCUT2D eigenvalue weighted by molar-refractivity contribution is 7.89. The van der Waals surface area contributed by atoms with Crippen molar-refractivity contribution in [2.45, 2.75) is 37.1 Å². The lowest BCUT2D eigenvalue weighted by Gasteiger charge is -2.36. The molecule has 0 spiro atoms. The summed E-state index contributed by atoms with van der Waals surface area (Å²) in [5.41, 5.74) is 0. The number of piperidine rings is 1. The maximum Gasteiger partial charge on any atom is 0.277 e. The maximum absolute atomic E-state index is 13.9. The molecule has 1 N–H and O–H groups in total. The Morgan fingerprint density at radius 3 is 2.54 bits per heavy atom. The van der Waals surface area contributed by atoms with E-state index in [1.165, 1.54) is 33.8 Å². The van der Waals surface area contributed by atoms with Gasteiger partial charge in [-0.2, -0.15) is 4.31 Å². The average molecular weight is 384 g/mol.